The van der Waals surface area contributed by atoms with Gasteiger partial charge in [-0.1, -0.05) is 83.6 Å². The van der Waals surface area contributed by atoms with Crippen molar-refractivity contribution in [2.24, 2.45) is 4.99 Å². The zero-order valence-corrected chi connectivity index (χ0v) is 25.6. The molecule has 220 valence electrons. The molecule has 9 heteroatoms. The molecule has 5 aromatic rings. The first-order valence-electron chi connectivity index (χ1n) is 13.9. The van der Waals surface area contributed by atoms with E-state index in [9.17, 15) is 9.59 Å². The lowest BCUT2D eigenvalue weighted by molar-refractivity contribution is -0.113. The fourth-order valence-electron chi connectivity index (χ4n) is 5.07. The molecule has 0 radical (unpaired) electrons. The molecule has 1 aromatic heterocycles. The van der Waals surface area contributed by atoms with Crippen LogP contribution in [-0.2, 0) is 11.4 Å². The van der Waals surface area contributed by atoms with Crippen LogP contribution < -0.4 is 29.7 Å². The number of rotatable bonds is 8. The molecule has 1 N–H and O–H groups in total. The first kappa shape index (κ1) is 29.2. The van der Waals surface area contributed by atoms with Gasteiger partial charge in [0, 0.05) is 16.3 Å². The summed E-state index contributed by atoms with van der Waals surface area (Å²) < 4.78 is 13.7. The first-order chi connectivity index (χ1) is 21.4. The van der Waals surface area contributed by atoms with Crippen molar-refractivity contribution >= 4 is 40.6 Å². The van der Waals surface area contributed by atoms with Crippen LogP contribution in [0.4, 0.5) is 5.69 Å². The smallest absolute Gasteiger partial charge is 0.271 e. The third kappa shape index (κ3) is 6.08. The highest BCUT2D eigenvalue weighted by atomic mass is 35.5. The predicted molar refractivity (Wildman–Crippen MR) is 174 cm³/mol. The highest BCUT2D eigenvalue weighted by molar-refractivity contribution is 7.07. The first-order valence-corrected chi connectivity index (χ1v) is 15.1. The summed E-state index contributed by atoms with van der Waals surface area (Å²) in [6.45, 7) is 2.14. The Kier molecular flexibility index (Phi) is 8.45. The van der Waals surface area contributed by atoms with Gasteiger partial charge in [0.15, 0.2) is 4.80 Å². The van der Waals surface area contributed by atoms with E-state index in [4.69, 9.17) is 26.1 Å². The molecule has 0 bridgehead atoms. The number of thiazole rings is 1. The molecule has 0 fully saturated rings. The molecular weight excluding hydrogens is 594 g/mol. The number of methoxy groups -OCH3 is 1. The summed E-state index contributed by atoms with van der Waals surface area (Å²) in [4.78, 5) is 33.2. The molecule has 4 aromatic carbocycles. The number of benzene rings is 4. The van der Waals surface area contributed by atoms with E-state index in [1.54, 1.807) is 18.6 Å². The molecule has 1 amide bonds. The topological polar surface area (TPSA) is 81.9 Å². The lowest BCUT2D eigenvalue weighted by Crippen LogP contribution is -2.40. The summed E-state index contributed by atoms with van der Waals surface area (Å²) in [6.07, 6.45) is 1.81. The standard InChI is InChI=1S/C35H28ClN3O4S/c1-22-31(33(40)38-27-11-4-3-5-12-27)32(25-10-8-13-28(19-25)42-2)39-34(41)30(44-35(39)37-22)20-24-9-6-7-14-29(24)43-21-23-15-17-26(36)18-16-23/h3-20,32H,21H2,1-2H3,(H,38,40)/b30-20+/t32-/m1/s1. The zero-order chi connectivity index (χ0) is 30.6. The van der Waals surface area contributed by atoms with Gasteiger partial charge in [-0.15, -0.1) is 0 Å². The maximum absolute atomic E-state index is 14.2. The number of carbonyl (C=O) groups is 1. The number of nitrogens with one attached hydrogen (secondary N) is 1. The van der Waals surface area contributed by atoms with Crippen LogP contribution in [0.25, 0.3) is 6.08 Å². The molecular formula is C35H28ClN3O4S. The Morgan fingerprint density at radius 1 is 1.00 bits per heavy atom. The van der Waals surface area contributed by atoms with Crippen LogP contribution in [0.5, 0.6) is 11.5 Å². The van der Waals surface area contributed by atoms with Gasteiger partial charge in [0.1, 0.15) is 18.1 Å². The van der Waals surface area contributed by atoms with Gasteiger partial charge in [0.25, 0.3) is 11.5 Å². The van der Waals surface area contributed by atoms with Gasteiger partial charge in [-0.2, -0.15) is 0 Å². The van der Waals surface area contributed by atoms with Crippen molar-refractivity contribution in [2.45, 2.75) is 19.6 Å². The van der Waals surface area contributed by atoms with Crippen molar-refractivity contribution in [3.63, 3.8) is 0 Å². The minimum Gasteiger partial charge on any atom is -0.497 e. The van der Waals surface area contributed by atoms with Gasteiger partial charge < -0.3 is 14.8 Å². The van der Waals surface area contributed by atoms with Gasteiger partial charge in [0.2, 0.25) is 0 Å². The SMILES string of the molecule is COc1cccc([C@@H]2C(C(=O)Nc3ccccc3)=C(C)N=c3s/c(=C/c4ccccc4OCc4ccc(Cl)cc4)c(=O)n32)c1. The third-order valence-corrected chi connectivity index (χ3v) is 8.46. The van der Waals surface area contributed by atoms with Gasteiger partial charge >= 0.3 is 0 Å². The fourth-order valence-corrected chi connectivity index (χ4v) is 6.24. The molecule has 6 rings (SSSR count). The van der Waals surface area contributed by atoms with E-state index in [0.717, 1.165) is 16.7 Å². The monoisotopic (exact) mass is 621 g/mol. The number of hydrogen-bond acceptors (Lipinski definition) is 6. The fraction of sp³-hybridized carbons (Fsp3) is 0.114. The molecule has 0 saturated carbocycles. The summed E-state index contributed by atoms with van der Waals surface area (Å²) in [6, 6.07) is 30.9. The van der Waals surface area contributed by atoms with Crippen LogP contribution in [0.3, 0.4) is 0 Å². The lowest BCUT2D eigenvalue weighted by atomic mass is 9.95. The minimum absolute atomic E-state index is 0.258. The Hall–Kier alpha value is -4.92. The molecule has 44 heavy (non-hydrogen) atoms. The summed E-state index contributed by atoms with van der Waals surface area (Å²) in [5, 5.41) is 3.63. The van der Waals surface area contributed by atoms with Gasteiger partial charge in [0.05, 0.1) is 29.0 Å². The van der Waals surface area contributed by atoms with E-state index >= 15 is 0 Å². The van der Waals surface area contributed by atoms with Gasteiger partial charge in [-0.3, -0.25) is 14.2 Å². The molecule has 1 aliphatic rings. The van der Waals surface area contributed by atoms with E-state index in [1.165, 1.54) is 11.3 Å². The zero-order valence-electron chi connectivity index (χ0n) is 24.0. The van der Waals surface area contributed by atoms with Crippen molar-refractivity contribution in [1.82, 2.24) is 4.57 Å². The third-order valence-electron chi connectivity index (χ3n) is 7.22. The van der Waals surface area contributed by atoms with Gasteiger partial charge in [-0.05, 0) is 66.6 Å². The molecule has 2 heterocycles. The molecule has 0 spiro atoms. The number of fused-ring (bicyclic) bond motifs is 1. The second-order valence-corrected chi connectivity index (χ2v) is 11.6. The van der Waals surface area contributed by atoms with Crippen molar-refractivity contribution in [3.8, 4) is 11.5 Å². The summed E-state index contributed by atoms with van der Waals surface area (Å²) >= 11 is 7.30. The average Bonchev–Trinajstić information content (AvgIpc) is 3.34. The average molecular weight is 622 g/mol. The normalized spacial score (nSPS) is 14.5. The van der Waals surface area contributed by atoms with Crippen molar-refractivity contribution in [2.75, 3.05) is 12.4 Å². The second kappa shape index (κ2) is 12.8. The molecule has 1 atom stereocenters. The van der Waals surface area contributed by atoms with Gasteiger partial charge in [-0.25, -0.2) is 4.99 Å². The maximum atomic E-state index is 14.2. The summed E-state index contributed by atoms with van der Waals surface area (Å²) in [5.41, 5.74) is 3.76. The number of ether oxygens (including phenoxy) is 2. The predicted octanol–water partition coefficient (Wildman–Crippen LogP) is 6.11. The quantitative estimate of drug-likeness (QED) is 0.227. The maximum Gasteiger partial charge on any atom is 0.271 e. The number of allylic oxidation sites excluding steroid dienone is 1. The molecule has 0 aliphatic carbocycles. The van der Waals surface area contributed by atoms with Crippen molar-refractivity contribution in [1.29, 1.82) is 0 Å². The number of nitrogens with zero attached hydrogens (tertiary/aromatic N) is 2. The van der Waals surface area contributed by atoms with Crippen molar-refractivity contribution < 1.29 is 14.3 Å². The molecule has 7 nitrogen and oxygen atoms in total. The summed E-state index contributed by atoms with van der Waals surface area (Å²) in [7, 11) is 1.58. The van der Waals surface area contributed by atoms with E-state index in [-0.39, 0.29) is 11.5 Å². The largest absolute Gasteiger partial charge is 0.497 e. The number of aromatic nitrogens is 1. The Labute approximate surface area is 263 Å². The number of amides is 1. The number of anilines is 1. The highest BCUT2D eigenvalue weighted by Gasteiger charge is 2.32. The number of para-hydroxylation sites is 2. The molecule has 1 aliphatic heterocycles. The Bertz CT molecular complexity index is 2050. The van der Waals surface area contributed by atoms with E-state index in [1.807, 2.05) is 109 Å². The number of hydrogen-bond donors (Lipinski definition) is 1. The lowest BCUT2D eigenvalue weighted by Gasteiger charge is -2.25. The minimum atomic E-state index is -0.719. The number of carbonyl (C=O) groups excluding carboxylic acids is 1. The molecule has 0 saturated heterocycles. The van der Waals surface area contributed by atoms with Crippen LogP contribution in [0.1, 0.15) is 29.7 Å². The van der Waals surface area contributed by atoms with Crippen LogP contribution >= 0.6 is 22.9 Å². The van der Waals surface area contributed by atoms with Crippen LogP contribution in [-0.4, -0.2) is 17.6 Å². The number of halogens is 1. The molecule has 0 unspecified atom stereocenters. The van der Waals surface area contributed by atoms with Crippen LogP contribution in [0, 0.1) is 0 Å². The van der Waals surface area contributed by atoms with E-state index in [0.29, 0.717) is 49.4 Å². The van der Waals surface area contributed by atoms with Crippen molar-refractivity contribution in [3.05, 3.63) is 156 Å². The van der Waals surface area contributed by atoms with Crippen LogP contribution in [0.2, 0.25) is 5.02 Å². The second-order valence-electron chi connectivity index (χ2n) is 10.1. The van der Waals surface area contributed by atoms with Crippen LogP contribution in [0.15, 0.2) is 124 Å². The summed E-state index contributed by atoms with van der Waals surface area (Å²) in [5.74, 6) is 0.922. The van der Waals surface area contributed by atoms with E-state index < -0.39 is 6.04 Å². The Morgan fingerprint density at radius 2 is 1.75 bits per heavy atom. The highest BCUT2D eigenvalue weighted by Crippen LogP contribution is 2.32. The Morgan fingerprint density at radius 3 is 2.52 bits per heavy atom. The Balaban J connectivity index is 1.43. The van der Waals surface area contributed by atoms with E-state index in [2.05, 4.69) is 5.32 Å².